The summed E-state index contributed by atoms with van der Waals surface area (Å²) in [6, 6.07) is -0.279. The van der Waals surface area contributed by atoms with E-state index in [1.807, 2.05) is 6.92 Å². The lowest BCUT2D eigenvalue weighted by Gasteiger charge is -2.42. The molecule has 1 saturated heterocycles. The van der Waals surface area contributed by atoms with Crippen LogP contribution in [0.5, 0.6) is 0 Å². The lowest BCUT2D eigenvalue weighted by Crippen LogP contribution is -2.50. The van der Waals surface area contributed by atoms with Gasteiger partial charge in [0.15, 0.2) is 0 Å². The molecule has 7 nitrogen and oxygen atoms in total. The number of rotatable bonds is 4. The van der Waals surface area contributed by atoms with Gasteiger partial charge >= 0.3 is 15.2 Å². The summed E-state index contributed by atoms with van der Waals surface area (Å²) in [4.78, 5) is 38.1. The van der Waals surface area contributed by atoms with Gasteiger partial charge in [-0.15, -0.1) is 0 Å². The maximum Gasteiger partial charge on any atom is 0.354 e. The van der Waals surface area contributed by atoms with E-state index in [4.69, 9.17) is 0 Å². The molecule has 1 aliphatic heterocycles. The second-order valence-electron chi connectivity index (χ2n) is 4.32. The Morgan fingerprint density at radius 1 is 1.28 bits per heavy atom. The molecule has 0 amide bonds. The van der Waals surface area contributed by atoms with Crippen LogP contribution in [0.2, 0.25) is 0 Å². The predicted octanol–water partition coefficient (Wildman–Crippen LogP) is 0.841. The minimum Gasteiger partial charge on any atom is -0.323 e. The SMILES string of the molecule is CCC1SCCN(C(P(=O)(O)O)P(=O)(O)O)C1C. The van der Waals surface area contributed by atoms with Gasteiger partial charge in [0.25, 0.3) is 0 Å². The quantitative estimate of drug-likeness (QED) is 0.563. The summed E-state index contributed by atoms with van der Waals surface area (Å²) in [7, 11) is -9.77. The molecule has 0 saturated carbocycles. The normalized spacial score (nSPS) is 27.7. The van der Waals surface area contributed by atoms with Crippen molar-refractivity contribution < 1.29 is 28.7 Å². The second kappa shape index (κ2) is 5.94. The summed E-state index contributed by atoms with van der Waals surface area (Å²) < 4.78 is 22.7. The highest BCUT2D eigenvalue weighted by Crippen LogP contribution is 2.62. The maximum atomic E-state index is 11.4. The summed E-state index contributed by atoms with van der Waals surface area (Å²) in [6.07, 6.45) is 0.789. The molecule has 1 rings (SSSR count). The van der Waals surface area contributed by atoms with Crippen LogP contribution >= 0.6 is 27.0 Å². The third-order valence-corrected chi connectivity index (χ3v) is 8.22. The van der Waals surface area contributed by atoms with E-state index in [0.29, 0.717) is 5.75 Å². The van der Waals surface area contributed by atoms with Crippen LogP contribution in [0.3, 0.4) is 0 Å². The number of hydrogen-bond acceptors (Lipinski definition) is 4. The highest BCUT2D eigenvalue weighted by atomic mass is 32.2. The standard InChI is InChI=1S/C8H19NO6P2S/c1-3-7-6(2)9(4-5-18-7)8(16(10,11)12)17(13,14)15/h6-8H,3-5H2,1-2H3,(H2,10,11,12)(H2,13,14,15). The topological polar surface area (TPSA) is 118 Å². The highest BCUT2D eigenvalue weighted by Gasteiger charge is 2.50. The van der Waals surface area contributed by atoms with E-state index in [0.717, 1.165) is 6.42 Å². The van der Waals surface area contributed by atoms with Gasteiger partial charge < -0.3 is 19.6 Å². The minimum atomic E-state index is -4.89. The third-order valence-electron chi connectivity index (χ3n) is 3.04. The first kappa shape index (κ1) is 16.7. The lowest BCUT2D eigenvalue weighted by molar-refractivity contribution is 0.179. The van der Waals surface area contributed by atoms with E-state index in [1.165, 1.54) is 4.90 Å². The average Bonchev–Trinajstić information content (AvgIpc) is 2.17. The summed E-state index contributed by atoms with van der Waals surface area (Å²) in [5.74, 6) is 0.610. The van der Waals surface area contributed by atoms with Gasteiger partial charge in [-0.2, -0.15) is 11.8 Å². The van der Waals surface area contributed by atoms with E-state index in [1.54, 1.807) is 18.7 Å². The molecule has 0 radical (unpaired) electrons. The number of hydrogen-bond donors (Lipinski definition) is 4. The largest absolute Gasteiger partial charge is 0.354 e. The zero-order chi connectivity index (χ0) is 14.1. The van der Waals surface area contributed by atoms with Gasteiger partial charge in [0.2, 0.25) is 5.52 Å². The van der Waals surface area contributed by atoms with Crippen molar-refractivity contribution in [1.29, 1.82) is 0 Å². The molecular formula is C8H19NO6P2S. The zero-order valence-electron chi connectivity index (χ0n) is 10.2. The van der Waals surface area contributed by atoms with Crippen molar-refractivity contribution in [3.63, 3.8) is 0 Å². The van der Waals surface area contributed by atoms with Gasteiger partial charge in [-0.05, 0) is 13.3 Å². The number of thioether (sulfide) groups is 1. The van der Waals surface area contributed by atoms with Crippen molar-refractivity contribution in [1.82, 2.24) is 4.90 Å². The average molecular weight is 319 g/mol. The van der Waals surface area contributed by atoms with Crippen LogP contribution in [-0.2, 0) is 9.13 Å². The van der Waals surface area contributed by atoms with Gasteiger partial charge in [0.1, 0.15) is 0 Å². The smallest absolute Gasteiger partial charge is 0.323 e. The Bertz CT molecular complexity index is 360. The molecule has 0 aromatic carbocycles. The fourth-order valence-electron chi connectivity index (χ4n) is 2.23. The molecule has 1 heterocycles. The summed E-state index contributed by atoms with van der Waals surface area (Å²) in [5.41, 5.74) is -2.02. The fraction of sp³-hybridized carbons (Fsp3) is 1.00. The molecule has 2 unspecified atom stereocenters. The van der Waals surface area contributed by atoms with E-state index < -0.39 is 20.7 Å². The van der Waals surface area contributed by atoms with Crippen LogP contribution in [0.15, 0.2) is 0 Å². The third kappa shape index (κ3) is 3.81. The van der Waals surface area contributed by atoms with Crippen LogP contribution in [0.1, 0.15) is 20.3 Å². The molecule has 0 aliphatic carbocycles. The Balaban J connectivity index is 3.07. The van der Waals surface area contributed by atoms with Gasteiger partial charge in [0, 0.05) is 23.6 Å². The summed E-state index contributed by atoms with van der Waals surface area (Å²) in [6.45, 7) is 3.96. The van der Waals surface area contributed by atoms with Crippen molar-refractivity contribution in [2.45, 2.75) is 37.1 Å². The molecule has 10 heteroatoms. The van der Waals surface area contributed by atoms with Crippen molar-refractivity contribution in [2.75, 3.05) is 12.3 Å². The van der Waals surface area contributed by atoms with Crippen LogP contribution in [0, 0.1) is 0 Å². The van der Waals surface area contributed by atoms with Crippen LogP contribution in [0.4, 0.5) is 0 Å². The Morgan fingerprint density at radius 3 is 2.17 bits per heavy atom. The zero-order valence-corrected chi connectivity index (χ0v) is 12.8. The van der Waals surface area contributed by atoms with Crippen LogP contribution in [0.25, 0.3) is 0 Å². The molecule has 0 spiro atoms. The second-order valence-corrected chi connectivity index (χ2v) is 9.41. The highest BCUT2D eigenvalue weighted by molar-refractivity contribution is 8.00. The number of nitrogens with zero attached hydrogens (tertiary/aromatic N) is 1. The molecule has 4 N–H and O–H groups in total. The molecule has 1 fully saturated rings. The molecule has 108 valence electrons. The fourth-order valence-corrected chi connectivity index (χ4v) is 6.51. The van der Waals surface area contributed by atoms with Gasteiger partial charge in [0.05, 0.1) is 0 Å². The van der Waals surface area contributed by atoms with Gasteiger partial charge in [-0.25, -0.2) is 0 Å². The Morgan fingerprint density at radius 2 is 1.78 bits per heavy atom. The molecule has 0 bridgehead atoms. The van der Waals surface area contributed by atoms with Crippen molar-refractivity contribution in [2.24, 2.45) is 0 Å². The molecule has 0 aromatic rings. The van der Waals surface area contributed by atoms with Crippen LogP contribution < -0.4 is 0 Å². The van der Waals surface area contributed by atoms with Crippen molar-refractivity contribution >= 4 is 27.0 Å². The molecular weight excluding hydrogens is 300 g/mol. The van der Waals surface area contributed by atoms with E-state index in [9.17, 15) is 28.7 Å². The first-order valence-corrected chi connectivity index (χ1v) is 9.98. The van der Waals surface area contributed by atoms with E-state index in [2.05, 4.69) is 0 Å². The summed E-state index contributed by atoms with van der Waals surface area (Å²) in [5, 5.41) is 0.124. The molecule has 18 heavy (non-hydrogen) atoms. The Kier molecular flexibility index (Phi) is 5.49. The lowest BCUT2D eigenvalue weighted by atomic mass is 10.1. The first-order valence-electron chi connectivity index (χ1n) is 5.56. The molecule has 1 aliphatic rings. The maximum absolute atomic E-state index is 11.4. The summed E-state index contributed by atoms with van der Waals surface area (Å²) >= 11 is 1.67. The van der Waals surface area contributed by atoms with Crippen molar-refractivity contribution in [3.05, 3.63) is 0 Å². The Labute approximate surface area is 110 Å². The van der Waals surface area contributed by atoms with Crippen LogP contribution in [-0.4, -0.2) is 53.6 Å². The Hall–Kier alpha value is 0.610. The predicted molar refractivity (Wildman–Crippen MR) is 70.6 cm³/mol. The van der Waals surface area contributed by atoms with Gasteiger partial charge in [-0.1, -0.05) is 6.92 Å². The molecule has 0 aromatic heterocycles. The van der Waals surface area contributed by atoms with E-state index >= 15 is 0 Å². The van der Waals surface area contributed by atoms with Crippen molar-refractivity contribution in [3.8, 4) is 0 Å². The minimum absolute atomic E-state index is 0.124. The first-order chi connectivity index (χ1) is 8.09. The van der Waals surface area contributed by atoms with Gasteiger partial charge in [-0.3, -0.25) is 14.0 Å². The van der Waals surface area contributed by atoms with E-state index in [-0.39, 0.29) is 17.8 Å². The molecule has 2 atom stereocenters. The monoisotopic (exact) mass is 319 g/mol.